The van der Waals surface area contributed by atoms with Gasteiger partial charge in [-0.1, -0.05) is 48.0 Å². The Hall–Kier alpha value is -3.12. The van der Waals surface area contributed by atoms with Crippen molar-refractivity contribution in [2.24, 2.45) is 0 Å². The predicted octanol–water partition coefficient (Wildman–Crippen LogP) is 4.80. The van der Waals surface area contributed by atoms with Crippen molar-refractivity contribution >= 4 is 21.1 Å². The molecule has 0 radical (unpaired) electrons. The van der Waals surface area contributed by atoms with E-state index in [9.17, 15) is 8.42 Å². The lowest BCUT2D eigenvalue weighted by atomic mass is 10.1. The number of ether oxygens (including phenoxy) is 1. The number of aryl methyl sites for hydroxylation is 3. The molecule has 0 bridgehead atoms. The fourth-order valence-electron chi connectivity index (χ4n) is 4.12. The van der Waals surface area contributed by atoms with E-state index in [0.29, 0.717) is 33.9 Å². The van der Waals surface area contributed by atoms with Gasteiger partial charge in [0.25, 0.3) is 10.0 Å². The van der Waals surface area contributed by atoms with Crippen LogP contribution in [-0.2, 0) is 16.4 Å². The van der Waals surface area contributed by atoms with Gasteiger partial charge in [-0.25, -0.2) is 17.4 Å². The minimum absolute atomic E-state index is 0.331. The molecule has 5 nitrogen and oxygen atoms in total. The molecule has 0 aliphatic carbocycles. The molecule has 3 aromatic carbocycles. The molecule has 1 aromatic heterocycles. The molecule has 1 heterocycles. The first-order chi connectivity index (χ1) is 14.3. The third-order valence-corrected chi connectivity index (χ3v) is 7.28. The van der Waals surface area contributed by atoms with Crippen molar-refractivity contribution in [2.45, 2.75) is 32.1 Å². The number of benzene rings is 3. The Bertz CT molecular complexity index is 1330. The summed E-state index contributed by atoms with van der Waals surface area (Å²) in [5, 5.41) is 0. The lowest BCUT2D eigenvalue weighted by Crippen LogP contribution is -2.19. The van der Waals surface area contributed by atoms with Crippen LogP contribution < -0.4 is 4.74 Å². The molecule has 0 fully saturated rings. The van der Waals surface area contributed by atoms with Gasteiger partial charge >= 0.3 is 0 Å². The van der Waals surface area contributed by atoms with Gasteiger partial charge < -0.3 is 4.74 Å². The van der Waals surface area contributed by atoms with E-state index in [1.807, 2.05) is 75.4 Å². The summed E-state index contributed by atoms with van der Waals surface area (Å²) in [5.74, 6) is 1.16. The van der Waals surface area contributed by atoms with Gasteiger partial charge in [0.15, 0.2) is 0 Å². The molecule has 0 unspecified atom stereocenters. The van der Waals surface area contributed by atoms with Crippen molar-refractivity contribution in [3.05, 3.63) is 88.7 Å². The predicted molar refractivity (Wildman–Crippen MR) is 119 cm³/mol. The zero-order valence-electron chi connectivity index (χ0n) is 17.5. The summed E-state index contributed by atoms with van der Waals surface area (Å²) >= 11 is 0. The number of rotatable bonds is 5. The summed E-state index contributed by atoms with van der Waals surface area (Å²) in [6.07, 6.45) is 0.335. The number of methoxy groups -OCH3 is 1. The second kappa shape index (κ2) is 7.61. The smallest absolute Gasteiger partial charge is 0.270 e. The Morgan fingerprint density at radius 1 is 0.933 bits per heavy atom. The van der Waals surface area contributed by atoms with Crippen molar-refractivity contribution in [3.63, 3.8) is 0 Å². The van der Waals surface area contributed by atoms with Gasteiger partial charge in [-0.05, 0) is 50.1 Å². The topological polar surface area (TPSA) is 61.2 Å². The van der Waals surface area contributed by atoms with Crippen LogP contribution in [0.1, 0.15) is 28.1 Å². The number of para-hydroxylation sites is 3. The van der Waals surface area contributed by atoms with Crippen LogP contribution in [0.15, 0.2) is 65.6 Å². The maximum atomic E-state index is 13.9. The highest BCUT2D eigenvalue weighted by Crippen LogP contribution is 2.30. The molecule has 6 heteroatoms. The summed E-state index contributed by atoms with van der Waals surface area (Å²) in [6, 6.07) is 18.7. The van der Waals surface area contributed by atoms with Crippen LogP contribution in [0.3, 0.4) is 0 Å². The zero-order valence-corrected chi connectivity index (χ0v) is 18.3. The van der Waals surface area contributed by atoms with E-state index in [2.05, 4.69) is 4.98 Å². The van der Waals surface area contributed by atoms with Crippen molar-refractivity contribution < 1.29 is 13.2 Å². The normalized spacial score (nSPS) is 11.7. The minimum atomic E-state index is -3.86. The zero-order chi connectivity index (χ0) is 21.5. The van der Waals surface area contributed by atoms with Crippen molar-refractivity contribution in [3.8, 4) is 5.75 Å². The van der Waals surface area contributed by atoms with Crippen LogP contribution in [0.2, 0.25) is 0 Å². The molecular weight excluding hydrogens is 396 g/mol. The van der Waals surface area contributed by atoms with Crippen molar-refractivity contribution in [2.75, 3.05) is 7.11 Å². The van der Waals surface area contributed by atoms with Gasteiger partial charge in [-0.2, -0.15) is 0 Å². The minimum Gasteiger partial charge on any atom is -0.496 e. The van der Waals surface area contributed by atoms with Gasteiger partial charge in [-0.3, -0.25) is 0 Å². The lowest BCUT2D eigenvalue weighted by Gasteiger charge is -2.16. The third kappa shape index (κ3) is 3.37. The Labute approximate surface area is 177 Å². The van der Waals surface area contributed by atoms with Crippen LogP contribution in [0.4, 0.5) is 0 Å². The second-order valence-corrected chi connectivity index (χ2v) is 9.23. The summed E-state index contributed by atoms with van der Waals surface area (Å²) < 4.78 is 34.7. The molecule has 0 saturated heterocycles. The van der Waals surface area contributed by atoms with Crippen LogP contribution in [0.5, 0.6) is 5.75 Å². The SMILES string of the molecule is COc1ccccc1Cc1nc2ccccc2n1S(=O)(=O)c1c(C)cc(C)cc1C. The Morgan fingerprint density at radius 2 is 1.57 bits per heavy atom. The van der Waals surface area contributed by atoms with Gasteiger partial charge in [0.1, 0.15) is 11.6 Å². The highest BCUT2D eigenvalue weighted by atomic mass is 32.2. The molecule has 0 N–H and O–H groups in total. The van der Waals surface area contributed by atoms with E-state index in [4.69, 9.17) is 4.74 Å². The molecule has 0 amide bonds. The average Bonchev–Trinajstić information content (AvgIpc) is 3.06. The van der Waals surface area contributed by atoms with E-state index in [1.54, 1.807) is 13.2 Å². The summed E-state index contributed by atoms with van der Waals surface area (Å²) in [5.41, 5.74) is 4.59. The van der Waals surface area contributed by atoms with Crippen LogP contribution in [-0.4, -0.2) is 24.5 Å². The average molecular weight is 421 g/mol. The van der Waals surface area contributed by atoms with Gasteiger partial charge in [0, 0.05) is 12.0 Å². The van der Waals surface area contributed by atoms with Gasteiger partial charge in [0.05, 0.1) is 23.0 Å². The van der Waals surface area contributed by atoms with E-state index < -0.39 is 10.0 Å². The summed E-state index contributed by atoms with van der Waals surface area (Å²) in [6.45, 7) is 5.65. The number of aromatic nitrogens is 2. The molecule has 154 valence electrons. The Morgan fingerprint density at radius 3 is 2.27 bits per heavy atom. The number of fused-ring (bicyclic) bond motifs is 1. The van der Waals surface area contributed by atoms with Gasteiger partial charge in [-0.15, -0.1) is 0 Å². The molecule has 0 aliphatic heterocycles. The van der Waals surface area contributed by atoms with Gasteiger partial charge in [0.2, 0.25) is 0 Å². The first-order valence-electron chi connectivity index (χ1n) is 9.74. The third-order valence-electron chi connectivity index (χ3n) is 5.23. The Kier molecular flexibility index (Phi) is 5.12. The quantitative estimate of drug-likeness (QED) is 0.465. The molecule has 30 heavy (non-hydrogen) atoms. The number of hydrogen-bond acceptors (Lipinski definition) is 4. The van der Waals surface area contributed by atoms with Crippen molar-refractivity contribution in [1.29, 1.82) is 0 Å². The van der Waals surface area contributed by atoms with Crippen LogP contribution >= 0.6 is 0 Å². The largest absolute Gasteiger partial charge is 0.496 e. The maximum absolute atomic E-state index is 13.9. The number of nitrogens with zero attached hydrogens (tertiary/aromatic N) is 2. The molecule has 0 spiro atoms. The first kappa shape index (κ1) is 20.2. The van der Waals surface area contributed by atoms with Crippen LogP contribution in [0.25, 0.3) is 11.0 Å². The molecule has 0 saturated carbocycles. The molecule has 0 aliphatic rings. The fourth-order valence-corrected chi connectivity index (χ4v) is 6.03. The maximum Gasteiger partial charge on any atom is 0.270 e. The standard InChI is InChI=1S/C24H24N2O3S/c1-16-13-17(2)24(18(3)14-16)30(27,28)26-21-11-7-6-10-20(21)25-23(26)15-19-9-5-8-12-22(19)29-4/h5-14H,15H2,1-4H3. The number of hydrogen-bond donors (Lipinski definition) is 0. The van der Waals surface area contributed by atoms with E-state index >= 15 is 0 Å². The monoisotopic (exact) mass is 420 g/mol. The van der Waals surface area contributed by atoms with E-state index in [-0.39, 0.29) is 0 Å². The Balaban J connectivity index is 1.98. The van der Waals surface area contributed by atoms with Crippen molar-refractivity contribution in [1.82, 2.24) is 8.96 Å². The van der Waals surface area contributed by atoms with E-state index in [0.717, 1.165) is 22.3 Å². The first-order valence-corrected chi connectivity index (χ1v) is 11.2. The van der Waals surface area contributed by atoms with E-state index in [1.165, 1.54) is 3.97 Å². The molecule has 4 aromatic rings. The molecule has 4 rings (SSSR count). The summed E-state index contributed by atoms with van der Waals surface area (Å²) in [4.78, 5) is 5.01. The lowest BCUT2D eigenvalue weighted by molar-refractivity contribution is 0.410. The second-order valence-electron chi connectivity index (χ2n) is 7.50. The fraction of sp³-hybridized carbons (Fsp3) is 0.208. The highest BCUT2D eigenvalue weighted by molar-refractivity contribution is 7.90. The molecular formula is C24H24N2O3S. The van der Waals surface area contributed by atoms with Crippen LogP contribution in [0, 0.1) is 20.8 Å². The number of imidazole rings is 1. The molecule has 0 atom stereocenters. The summed E-state index contributed by atoms with van der Waals surface area (Å²) in [7, 11) is -2.25. The highest BCUT2D eigenvalue weighted by Gasteiger charge is 2.27.